The van der Waals surface area contributed by atoms with Crippen LogP contribution >= 0.6 is 0 Å². The lowest BCUT2D eigenvalue weighted by Gasteiger charge is -2.18. The molecular formula is C25H26N2O. The molecule has 3 aromatic rings. The molecule has 142 valence electrons. The summed E-state index contributed by atoms with van der Waals surface area (Å²) in [7, 11) is 0. The van der Waals surface area contributed by atoms with Crippen molar-refractivity contribution in [2.75, 3.05) is 18.4 Å². The summed E-state index contributed by atoms with van der Waals surface area (Å²) < 4.78 is 5.96. The second-order valence-electron chi connectivity index (χ2n) is 7.75. The fourth-order valence-electron chi connectivity index (χ4n) is 4.57. The second kappa shape index (κ2) is 7.69. The molecule has 5 rings (SSSR count). The van der Waals surface area contributed by atoms with Gasteiger partial charge in [0.05, 0.1) is 0 Å². The maximum Gasteiger partial charge on any atom is 0.119 e. The number of rotatable bonds is 4. The molecule has 2 atom stereocenters. The normalized spacial score (nSPS) is 20.6. The summed E-state index contributed by atoms with van der Waals surface area (Å²) in [5.74, 6) is 1.50. The van der Waals surface area contributed by atoms with Crippen LogP contribution in [0.4, 0.5) is 5.69 Å². The lowest BCUT2D eigenvalue weighted by molar-refractivity contribution is 0.306. The van der Waals surface area contributed by atoms with Crippen LogP contribution in [0.1, 0.15) is 29.9 Å². The standard InChI is InChI=1S/C25H26N2O/c1-2-5-18(6-3-1)17-28-20-11-9-19(10-12-20)21-7-4-8-24-25(21)22-13-15-26-16-14-23(22)27-24/h1-12,22-23,26-27H,13-17H2/t22-,23+/m1/s1. The van der Waals surface area contributed by atoms with Crippen LogP contribution in [-0.4, -0.2) is 19.1 Å². The summed E-state index contributed by atoms with van der Waals surface area (Å²) in [6.45, 7) is 2.80. The van der Waals surface area contributed by atoms with Gasteiger partial charge in [0.2, 0.25) is 0 Å². The predicted molar refractivity (Wildman–Crippen MR) is 115 cm³/mol. The van der Waals surface area contributed by atoms with Crippen molar-refractivity contribution in [3.8, 4) is 16.9 Å². The Hall–Kier alpha value is -2.78. The molecule has 2 aliphatic rings. The molecule has 2 N–H and O–H groups in total. The minimum Gasteiger partial charge on any atom is -0.489 e. The van der Waals surface area contributed by atoms with E-state index in [1.54, 1.807) is 0 Å². The van der Waals surface area contributed by atoms with Gasteiger partial charge >= 0.3 is 0 Å². The topological polar surface area (TPSA) is 33.3 Å². The largest absolute Gasteiger partial charge is 0.489 e. The number of benzene rings is 3. The molecule has 0 saturated carbocycles. The summed E-state index contributed by atoms with van der Waals surface area (Å²) in [5.41, 5.74) is 6.62. The van der Waals surface area contributed by atoms with E-state index in [4.69, 9.17) is 4.74 Å². The first kappa shape index (κ1) is 17.3. The number of nitrogens with one attached hydrogen (secondary N) is 2. The molecular weight excluding hydrogens is 344 g/mol. The van der Waals surface area contributed by atoms with Crippen LogP contribution in [-0.2, 0) is 6.61 Å². The summed E-state index contributed by atoms with van der Waals surface area (Å²) in [6, 6.07) is 26.1. The predicted octanol–water partition coefficient (Wildman–Crippen LogP) is 5.19. The van der Waals surface area contributed by atoms with Crippen LogP contribution in [0.5, 0.6) is 5.75 Å². The molecule has 0 aliphatic carbocycles. The number of hydrogen-bond donors (Lipinski definition) is 2. The smallest absolute Gasteiger partial charge is 0.119 e. The molecule has 2 heterocycles. The highest BCUT2D eigenvalue weighted by molar-refractivity contribution is 5.78. The highest BCUT2D eigenvalue weighted by atomic mass is 16.5. The zero-order valence-electron chi connectivity index (χ0n) is 16.0. The number of fused-ring (bicyclic) bond motifs is 3. The average molecular weight is 370 g/mol. The lowest BCUT2D eigenvalue weighted by Crippen LogP contribution is -2.21. The van der Waals surface area contributed by atoms with E-state index in [2.05, 4.69) is 65.2 Å². The maximum atomic E-state index is 5.96. The molecule has 0 unspecified atom stereocenters. The first-order valence-electron chi connectivity index (χ1n) is 10.3. The maximum absolute atomic E-state index is 5.96. The van der Waals surface area contributed by atoms with Gasteiger partial charge in [0, 0.05) is 17.6 Å². The van der Waals surface area contributed by atoms with E-state index in [0.29, 0.717) is 18.6 Å². The van der Waals surface area contributed by atoms with Crippen molar-refractivity contribution in [2.45, 2.75) is 31.4 Å². The molecule has 0 bridgehead atoms. The number of hydrogen-bond acceptors (Lipinski definition) is 3. The van der Waals surface area contributed by atoms with E-state index < -0.39 is 0 Å². The molecule has 1 saturated heterocycles. The third-order valence-corrected chi connectivity index (χ3v) is 5.98. The van der Waals surface area contributed by atoms with E-state index in [-0.39, 0.29) is 0 Å². The second-order valence-corrected chi connectivity index (χ2v) is 7.75. The molecule has 3 heteroatoms. The minimum atomic E-state index is 0.555. The van der Waals surface area contributed by atoms with E-state index in [1.165, 1.54) is 40.8 Å². The van der Waals surface area contributed by atoms with Crippen molar-refractivity contribution in [3.05, 3.63) is 83.9 Å². The first-order valence-corrected chi connectivity index (χ1v) is 10.3. The van der Waals surface area contributed by atoms with Crippen molar-refractivity contribution < 1.29 is 4.74 Å². The van der Waals surface area contributed by atoms with Crippen LogP contribution in [0.3, 0.4) is 0 Å². The van der Waals surface area contributed by atoms with Crippen molar-refractivity contribution in [1.82, 2.24) is 5.32 Å². The van der Waals surface area contributed by atoms with Gasteiger partial charge in [0.15, 0.2) is 0 Å². The average Bonchev–Trinajstić information content (AvgIpc) is 2.95. The van der Waals surface area contributed by atoms with Gasteiger partial charge in [-0.3, -0.25) is 0 Å². The van der Waals surface area contributed by atoms with Gasteiger partial charge in [-0.05, 0) is 66.4 Å². The molecule has 1 fully saturated rings. The van der Waals surface area contributed by atoms with Gasteiger partial charge < -0.3 is 15.4 Å². The zero-order chi connectivity index (χ0) is 18.8. The third kappa shape index (κ3) is 3.38. The lowest BCUT2D eigenvalue weighted by atomic mass is 9.86. The molecule has 3 nitrogen and oxygen atoms in total. The Morgan fingerprint density at radius 3 is 2.50 bits per heavy atom. The van der Waals surface area contributed by atoms with Crippen molar-refractivity contribution >= 4 is 5.69 Å². The molecule has 0 spiro atoms. The van der Waals surface area contributed by atoms with Crippen LogP contribution in [0.15, 0.2) is 72.8 Å². The van der Waals surface area contributed by atoms with Crippen LogP contribution in [0, 0.1) is 0 Å². The Bertz CT molecular complexity index is 937. The molecule has 0 aromatic heterocycles. The van der Waals surface area contributed by atoms with Crippen molar-refractivity contribution in [3.63, 3.8) is 0 Å². The third-order valence-electron chi connectivity index (χ3n) is 5.98. The Morgan fingerprint density at radius 2 is 1.64 bits per heavy atom. The van der Waals surface area contributed by atoms with Gasteiger partial charge in [-0.15, -0.1) is 0 Å². The van der Waals surface area contributed by atoms with E-state index >= 15 is 0 Å². The summed E-state index contributed by atoms with van der Waals surface area (Å²) in [5, 5.41) is 7.32. The first-order chi connectivity index (χ1) is 13.9. The zero-order valence-corrected chi connectivity index (χ0v) is 16.0. The Labute approximate surface area is 166 Å². The molecule has 2 aliphatic heterocycles. The van der Waals surface area contributed by atoms with Gasteiger partial charge in [0.25, 0.3) is 0 Å². The Kier molecular flexibility index (Phi) is 4.76. The number of anilines is 1. The highest BCUT2D eigenvalue weighted by Crippen LogP contribution is 2.45. The molecule has 0 amide bonds. The fraction of sp³-hybridized carbons (Fsp3) is 0.280. The van der Waals surface area contributed by atoms with Crippen LogP contribution < -0.4 is 15.4 Å². The van der Waals surface area contributed by atoms with Crippen LogP contribution in [0.2, 0.25) is 0 Å². The van der Waals surface area contributed by atoms with Gasteiger partial charge in [-0.1, -0.05) is 54.6 Å². The number of ether oxygens (including phenoxy) is 1. The minimum absolute atomic E-state index is 0.555. The molecule has 0 radical (unpaired) electrons. The van der Waals surface area contributed by atoms with E-state index in [0.717, 1.165) is 18.8 Å². The van der Waals surface area contributed by atoms with Gasteiger partial charge in [-0.25, -0.2) is 0 Å². The summed E-state index contributed by atoms with van der Waals surface area (Å²) in [4.78, 5) is 0. The Morgan fingerprint density at radius 1 is 0.821 bits per heavy atom. The quantitative estimate of drug-likeness (QED) is 0.663. The monoisotopic (exact) mass is 370 g/mol. The highest BCUT2D eigenvalue weighted by Gasteiger charge is 2.34. The fourth-order valence-corrected chi connectivity index (χ4v) is 4.57. The molecule has 28 heavy (non-hydrogen) atoms. The van der Waals surface area contributed by atoms with Crippen LogP contribution in [0.25, 0.3) is 11.1 Å². The van der Waals surface area contributed by atoms with Crippen molar-refractivity contribution in [2.24, 2.45) is 0 Å². The van der Waals surface area contributed by atoms with Gasteiger partial charge in [-0.2, -0.15) is 0 Å². The van der Waals surface area contributed by atoms with Gasteiger partial charge in [0.1, 0.15) is 12.4 Å². The summed E-state index contributed by atoms with van der Waals surface area (Å²) in [6.07, 6.45) is 2.38. The molecule has 3 aromatic carbocycles. The van der Waals surface area contributed by atoms with E-state index in [9.17, 15) is 0 Å². The van der Waals surface area contributed by atoms with Crippen molar-refractivity contribution in [1.29, 1.82) is 0 Å². The summed E-state index contributed by atoms with van der Waals surface area (Å²) >= 11 is 0. The Balaban J connectivity index is 1.38. The van der Waals surface area contributed by atoms with E-state index in [1.807, 2.05) is 18.2 Å². The SMILES string of the molecule is c1ccc(COc2ccc(-c3cccc4c3[C@@H]3CCNCC[C@@H]3N4)cc2)cc1.